The van der Waals surface area contributed by atoms with Crippen LogP contribution in [0.15, 0.2) is 41.8 Å². The molecule has 0 N–H and O–H groups in total. The van der Waals surface area contributed by atoms with Crippen LogP contribution in [0, 0.1) is 5.92 Å². The lowest BCUT2D eigenvalue weighted by atomic mass is 10.0. The van der Waals surface area contributed by atoms with Crippen LogP contribution >= 0.6 is 11.8 Å². The fourth-order valence-corrected chi connectivity index (χ4v) is 3.83. The fourth-order valence-electron chi connectivity index (χ4n) is 3.31. The van der Waals surface area contributed by atoms with Gasteiger partial charge in [-0.1, -0.05) is 25.6 Å². The number of hydrogen-bond acceptors (Lipinski definition) is 3. The smallest absolute Gasteiger partial charge is 0.254 e. The van der Waals surface area contributed by atoms with Gasteiger partial charge in [-0.15, -0.1) is 0 Å². The Morgan fingerprint density at radius 1 is 1.30 bits per heavy atom. The van der Waals surface area contributed by atoms with E-state index in [0.29, 0.717) is 12.0 Å². The quantitative estimate of drug-likeness (QED) is 0.800. The molecule has 1 atom stereocenters. The van der Waals surface area contributed by atoms with Crippen LogP contribution in [0.2, 0.25) is 0 Å². The minimum atomic E-state index is 0.156. The molecule has 1 aromatic heterocycles. The molecule has 1 amide bonds. The van der Waals surface area contributed by atoms with Gasteiger partial charge in [0.05, 0.1) is 0 Å². The maximum atomic E-state index is 12.8. The monoisotopic (exact) mass is 329 g/mol. The predicted octanol–water partition coefficient (Wildman–Crippen LogP) is 3.85. The molecular formula is C18H23N3OS. The van der Waals surface area contributed by atoms with Crippen LogP contribution in [0.4, 0.5) is 0 Å². The summed E-state index contributed by atoms with van der Waals surface area (Å²) >= 11 is 1.61. The third-order valence-corrected chi connectivity index (χ3v) is 5.18. The van der Waals surface area contributed by atoms with Crippen LogP contribution in [0.25, 0.3) is 5.69 Å². The molecule has 0 aliphatic carbocycles. The van der Waals surface area contributed by atoms with Gasteiger partial charge in [0.1, 0.15) is 0 Å². The molecule has 122 valence electrons. The van der Waals surface area contributed by atoms with Crippen molar-refractivity contribution in [3.8, 4) is 5.69 Å². The lowest BCUT2D eigenvalue weighted by molar-refractivity contribution is 0.0701. The van der Waals surface area contributed by atoms with Crippen LogP contribution < -0.4 is 0 Å². The number of nitrogens with zero attached hydrogens (tertiary/aromatic N) is 3. The lowest BCUT2D eigenvalue weighted by Gasteiger charge is -2.27. The van der Waals surface area contributed by atoms with Gasteiger partial charge in [-0.3, -0.25) is 9.36 Å². The molecule has 1 saturated heterocycles. The maximum Gasteiger partial charge on any atom is 0.254 e. The molecule has 2 aromatic rings. The SMILES string of the molecule is CSc1nccn1-c1ccc(C(=O)N2CCCC2C(C)C)cc1. The highest BCUT2D eigenvalue weighted by molar-refractivity contribution is 7.98. The van der Waals surface area contributed by atoms with Gasteiger partial charge in [-0.25, -0.2) is 4.98 Å². The van der Waals surface area contributed by atoms with E-state index in [1.807, 2.05) is 46.2 Å². The molecule has 0 radical (unpaired) electrons. The highest BCUT2D eigenvalue weighted by atomic mass is 32.2. The van der Waals surface area contributed by atoms with Gasteiger partial charge in [-0.05, 0) is 49.3 Å². The minimum Gasteiger partial charge on any atom is -0.335 e. The van der Waals surface area contributed by atoms with Crippen molar-refractivity contribution in [2.75, 3.05) is 12.8 Å². The second-order valence-electron chi connectivity index (χ2n) is 6.28. The van der Waals surface area contributed by atoms with E-state index in [1.165, 1.54) is 0 Å². The zero-order chi connectivity index (χ0) is 16.4. The van der Waals surface area contributed by atoms with Crippen molar-refractivity contribution in [3.63, 3.8) is 0 Å². The van der Waals surface area contributed by atoms with E-state index in [-0.39, 0.29) is 5.91 Å². The molecule has 1 aliphatic rings. The number of likely N-dealkylation sites (tertiary alicyclic amines) is 1. The van der Waals surface area contributed by atoms with Gasteiger partial charge in [0.15, 0.2) is 5.16 Å². The topological polar surface area (TPSA) is 38.1 Å². The van der Waals surface area contributed by atoms with E-state index in [2.05, 4.69) is 18.8 Å². The first-order valence-corrected chi connectivity index (χ1v) is 9.33. The van der Waals surface area contributed by atoms with Crippen molar-refractivity contribution in [2.24, 2.45) is 5.92 Å². The molecule has 4 nitrogen and oxygen atoms in total. The van der Waals surface area contributed by atoms with Crippen molar-refractivity contribution >= 4 is 17.7 Å². The number of aromatic nitrogens is 2. The Labute approximate surface area is 141 Å². The standard InChI is InChI=1S/C18H23N3OS/c1-13(2)16-5-4-11-21(16)17(22)14-6-8-15(9-7-14)20-12-10-19-18(20)23-3/h6-10,12-13,16H,4-5,11H2,1-3H3. The van der Waals surface area contributed by atoms with Gasteiger partial charge >= 0.3 is 0 Å². The number of imidazole rings is 1. The molecule has 1 fully saturated rings. The molecule has 2 heterocycles. The Balaban J connectivity index is 1.81. The van der Waals surface area contributed by atoms with Crippen molar-refractivity contribution < 1.29 is 4.79 Å². The predicted molar refractivity (Wildman–Crippen MR) is 94.2 cm³/mol. The summed E-state index contributed by atoms with van der Waals surface area (Å²) in [7, 11) is 0. The third-order valence-electron chi connectivity index (χ3n) is 4.51. The second-order valence-corrected chi connectivity index (χ2v) is 7.06. The Morgan fingerprint density at radius 2 is 2.04 bits per heavy atom. The summed E-state index contributed by atoms with van der Waals surface area (Å²) in [6.07, 6.45) is 7.98. The van der Waals surface area contributed by atoms with E-state index >= 15 is 0 Å². The number of hydrogen-bond donors (Lipinski definition) is 0. The first-order chi connectivity index (χ1) is 11.1. The summed E-state index contributed by atoms with van der Waals surface area (Å²) < 4.78 is 2.03. The number of thioether (sulfide) groups is 1. The molecule has 23 heavy (non-hydrogen) atoms. The summed E-state index contributed by atoms with van der Waals surface area (Å²) in [6.45, 7) is 5.27. The van der Waals surface area contributed by atoms with Gasteiger partial charge in [0.2, 0.25) is 0 Å². The van der Waals surface area contributed by atoms with E-state index in [1.54, 1.807) is 18.0 Å². The molecule has 1 aromatic carbocycles. The molecule has 0 saturated carbocycles. The van der Waals surface area contributed by atoms with Crippen molar-refractivity contribution in [1.29, 1.82) is 0 Å². The zero-order valence-corrected chi connectivity index (χ0v) is 14.7. The highest BCUT2D eigenvalue weighted by Gasteiger charge is 2.31. The Kier molecular flexibility index (Phi) is 4.76. The molecule has 3 rings (SSSR count). The average Bonchev–Trinajstić information content (AvgIpc) is 3.23. The van der Waals surface area contributed by atoms with E-state index in [4.69, 9.17) is 0 Å². The minimum absolute atomic E-state index is 0.156. The number of carbonyl (C=O) groups is 1. The maximum absolute atomic E-state index is 12.8. The van der Waals surface area contributed by atoms with Crippen LogP contribution in [0.5, 0.6) is 0 Å². The Hall–Kier alpha value is -1.75. The summed E-state index contributed by atoms with van der Waals surface area (Å²) in [5, 5.41) is 0.948. The van der Waals surface area contributed by atoms with Gasteiger partial charge < -0.3 is 4.90 Å². The number of benzene rings is 1. The lowest BCUT2D eigenvalue weighted by Crippen LogP contribution is -2.38. The van der Waals surface area contributed by atoms with Crippen molar-refractivity contribution in [2.45, 2.75) is 37.9 Å². The number of amides is 1. The summed E-state index contributed by atoms with van der Waals surface area (Å²) in [5.41, 5.74) is 1.80. The molecule has 1 unspecified atom stereocenters. The van der Waals surface area contributed by atoms with Gasteiger partial charge in [0, 0.05) is 36.2 Å². The first kappa shape index (κ1) is 16.1. The molecule has 5 heteroatoms. The van der Waals surface area contributed by atoms with Crippen molar-refractivity contribution in [3.05, 3.63) is 42.2 Å². The number of carbonyl (C=O) groups excluding carboxylic acids is 1. The van der Waals surface area contributed by atoms with Crippen LogP contribution in [0.3, 0.4) is 0 Å². The molecular weight excluding hydrogens is 306 g/mol. The van der Waals surface area contributed by atoms with Gasteiger partial charge in [0.25, 0.3) is 5.91 Å². The van der Waals surface area contributed by atoms with E-state index in [9.17, 15) is 4.79 Å². The van der Waals surface area contributed by atoms with E-state index < -0.39 is 0 Å². The van der Waals surface area contributed by atoms with Crippen LogP contribution in [-0.2, 0) is 0 Å². The third kappa shape index (κ3) is 3.15. The zero-order valence-electron chi connectivity index (χ0n) is 13.9. The van der Waals surface area contributed by atoms with Crippen LogP contribution in [-0.4, -0.2) is 39.2 Å². The molecule has 0 bridgehead atoms. The average molecular weight is 329 g/mol. The number of rotatable bonds is 4. The van der Waals surface area contributed by atoms with Gasteiger partial charge in [-0.2, -0.15) is 0 Å². The Morgan fingerprint density at radius 3 is 2.70 bits per heavy atom. The van der Waals surface area contributed by atoms with Crippen molar-refractivity contribution in [1.82, 2.24) is 14.5 Å². The van der Waals surface area contributed by atoms with E-state index in [0.717, 1.165) is 35.8 Å². The largest absolute Gasteiger partial charge is 0.335 e. The fraction of sp³-hybridized carbons (Fsp3) is 0.444. The molecule has 1 aliphatic heterocycles. The summed E-state index contributed by atoms with van der Waals surface area (Å²) in [5.74, 6) is 0.666. The molecule has 0 spiro atoms. The second kappa shape index (κ2) is 6.79. The van der Waals surface area contributed by atoms with Crippen LogP contribution in [0.1, 0.15) is 37.0 Å². The summed E-state index contributed by atoms with van der Waals surface area (Å²) in [4.78, 5) is 19.1. The first-order valence-electron chi connectivity index (χ1n) is 8.10. The summed E-state index contributed by atoms with van der Waals surface area (Å²) in [6, 6.07) is 8.22. The Bertz CT molecular complexity index is 678. The normalized spacial score (nSPS) is 17.9. The highest BCUT2D eigenvalue weighted by Crippen LogP contribution is 2.26.